The fourth-order valence-corrected chi connectivity index (χ4v) is 2.77. The number of nitrogens with zero attached hydrogens (tertiary/aromatic N) is 1. The molecule has 244 valence electrons. The second-order valence-electron chi connectivity index (χ2n) is 8.91. The van der Waals surface area contributed by atoms with Gasteiger partial charge in [0.25, 0.3) is 5.91 Å². The summed E-state index contributed by atoms with van der Waals surface area (Å²) >= 11 is 0. The Morgan fingerprint density at radius 2 is 0.902 bits per heavy atom. The predicted molar refractivity (Wildman–Crippen MR) is 92.7 cm³/mol. The molecule has 0 saturated carbocycles. The van der Waals surface area contributed by atoms with Gasteiger partial charge in [-0.15, -0.1) is 0 Å². The number of carboxylic acid groups (broad SMARTS) is 1. The highest BCUT2D eigenvalue weighted by Crippen LogP contribution is 2.65. The summed E-state index contributed by atoms with van der Waals surface area (Å²) in [4.78, 5) is 22.0. The van der Waals surface area contributed by atoms with Crippen LogP contribution in [0.4, 0.5) is 83.4 Å². The van der Waals surface area contributed by atoms with Crippen molar-refractivity contribution in [1.82, 2.24) is 5.32 Å². The average Bonchev–Trinajstić information content (AvgIpc) is 2.73. The van der Waals surface area contributed by atoms with Gasteiger partial charge in [-0.3, -0.25) is 4.79 Å². The van der Waals surface area contributed by atoms with Gasteiger partial charge in [-0.1, -0.05) is 0 Å². The summed E-state index contributed by atoms with van der Waals surface area (Å²) in [5, 5.41) is 9.35. The molecule has 0 saturated heterocycles. The zero-order valence-electron chi connectivity index (χ0n) is 19.7. The molecular weight excluding hydrogens is 641 g/mol. The number of carboxylic acids is 1. The molecule has 0 rings (SSSR count). The van der Waals surface area contributed by atoms with Gasteiger partial charge in [-0.05, 0) is 0 Å². The molecule has 2 N–H and O–H groups in total. The van der Waals surface area contributed by atoms with Crippen molar-refractivity contribution in [2.75, 3.05) is 33.7 Å². The normalized spacial score (nSPS) is 15.6. The zero-order valence-corrected chi connectivity index (χ0v) is 19.7. The zero-order chi connectivity index (χ0) is 33.7. The van der Waals surface area contributed by atoms with Gasteiger partial charge in [0.05, 0.1) is 20.6 Å². The van der Waals surface area contributed by atoms with Crippen LogP contribution in [0.2, 0.25) is 0 Å². The van der Waals surface area contributed by atoms with Crippen LogP contribution in [0.15, 0.2) is 0 Å². The number of nitrogens with one attached hydrogen (secondary N) is 1. The summed E-state index contributed by atoms with van der Waals surface area (Å²) in [5.41, 5.74) is 0. The van der Waals surface area contributed by atoms with Crippen LogP contribution in [0.25, 0.3) is 0 Å². The maximum absolute atomic E-state index is 13.8. The molecule has 0 fully saturated rings. The monoisotopic (exact) mass is 657 g/mol. The second kappa shape index (κ2) is 10.7. The number of aliphatic carboxylic acids is 1. The maximum atomic E-state index is 13.8. The van der Waals surface area contributed by atoms with Crippen molar-refractivity contribution in [2.45, 2.75) is 60.0 Å². The molecule has 0 aliphatic carbocycles. The fraction of sp³-hybridized carbons (Fsp3) is 0.882. The van der Waals surface area contributed by atoms with Crippen molar-refractivity contribution in [1.29, 1.82) is 0 Å². The summed E-state index contributed by atoms with van der Waals surface area (Å²) in [5.74, 6) is -73.7. The number of halogens is 19. The number of likely N-dealkylation sites (N-methyl/N-ethyl adjacent to an activating group) is 1. The van der Waals surface area contributed by atoms with E-state index in [2.05, 4.69) is 0 Å². The molecule has 0 aromatic rings. The standard InChI is InChI=1S/C17H15F19N2O3/c1-38(2,6-7(39)40)5-3-4-37-8(41)9(18,19)10(20,21)11(22,23)12(24,25)13(26,27)14(28,29)15(30,31)16(32,33)17(34,35)36/h3-6H2,1-2H3,(H-,37,39,40,41)/p+1. The number of alkyl halides is 19. The Bertz CT molecular complexity index is 974. The predicted octanol–water partition coefficient (Wildman–Crippen LogP) is 5.30. The lowest BCUT2D eigenvalue weighted by Crippen LogP contribution is -2.76. The molecule has 0 aromatic carbocycles. The number of quaternary nitrogens is 1. The quantitative estimate of drug-likeness (QED) is 0.152. The first-order valence-corrected chi connectivity index (χ1v) is 9.96. The number of carbonyl (C=O) groups is 2. The Hall–Kier alpha value is -2.43. The van der Waals surface area contributed by atoms with Crippen LogP contribution in [0, 0.1) is 0 Å². The van der Waals surface area contributed by atoms with Crippen LogP contribution in [0.5, 0.6) is 0 Å². The van der Waals surface area contributed by atoms with E-state index in [1.54, 1.807) is 0 Å². The third-order valence-electron chi connectivity index (χ3n) is 5.19. The van der Waals surface area contributed by atoms with E-state index in [4.69, 9.17) is 5.11 Å². The molecule has 0 atom stereocenters. The minimum absolute atomic E-state index is 0.402. The lowest BCUT2D eigenvalue weighted by molar-refractivity contribution is -0.883. The third kappa shape index (κ3) is 6.06. The van der Waals surface area contributed by atoms with E-state index in [0.717, 1.165) is 5.32 Å². The Morgan fingerprint density at radius 1 is 0.585 bits per heavy atom. The molecule has 0 spiro atoms. The average molecular weight is 657 g/mol. The third-order valence-corrected chi connectivity index (χ3v) is 5.19. The molecule has 0 aliphatic rings. The van der Waals surface area contributed by atoms with Crippen LogP contribution in [0.3, 0.4) is 0 Å². The molecule has 1 amide bonds. The first kappa shape index (κ1) is 38.6. The number of amides is 1. The van der Waals surface area contributed by atoms with E-state index in [9.17, 15) is 93.0 Å². The van der Waals surface area contributed by atoms with Gasteiger partial charge >= 0.3 is 59.5 Å². The molecule has 24 heteroatoms. The molecule has 41 heavy (non-hydrogen) atoms. The summed E-state index contributed by atoms with van der Waals surface area (Å²) in [6.45, 7) is -2.34. The van der Waals surface area contributed by atoms with Gasteiger partial charge in [-0.25, -0.2) is 4.79 Å². The van der Waals surface area contributed by atoms with Crippen molar-refractivity contribution >= 4 is 11.9 Å². The van der Waals surface area contributed by atoms with Crippen molar-refractivity contribution < 1.29 is 103 Å². The largest absolute Gasteiger partial charge is 0.477 e. The number of rotatable bonds is 14. The van der Waals surface area contributed by atoms with E-state index < -0.39 is 96.0 Å². The maximum Gasteiger partial charge on any atom is 0.460 e. The highest BCUT2D eigenvalue weighted by molar-refractivity contribution is 5.84. The molecule has 0 radical (unpaired) electrons. The summed E-state index contributed by atoms with van der Waals surface area (Å²) in [6, 6.07) is 0. The molecule has 0 heterocycles. The van der Waals surface area contributed by atoms with Crippen molar-refractivity contribution in [3.8, 4) is 0 Å². The Morgan fingerprint density at radius 3 is 1.22 bits per heavy atom. The first-order valence-electron chi connectivity index (χ1n) is 9.96. The second-order valence-corrected chi connectivity index (χ2v) is 8.91. The van der Waals surface area contributed by atoms with Gasteiger partial charge in [0.15, 0.2) is 6.54 Å². The van der Waals surface area contributed by atoms with Crippen LogP contribution >= 0.6 is 0 Å². The SMILES string of the molecule is C[N+](C)(CCCNC(=O)C(F)(F)C(F)(F)C(F)(F)C(F)(F)C(F)(F)C(F)(F)C(F)(F)C(F)(F)C(F)(F)F)CC(=O)O. The first-order chi connectivity index (χ1) is 17.5. The van der Waals surface area contributed by atoms with Crippen LogP contribution in [-0.4, -0.2) is 109 Å². The Balaban J connectivity index is 6.37. The van der Waals surface area contributed by atoms with Crippen LogP contribution in [-0.2, 0) is 9.59 Å². The van der Waals surface area contributed by atoms with E-state index in [0.29, 0.717) is 0 Å². The van der Waals surface area contributed by atoms with E-state index >= 15 is 0 Å². The van der Waals surface area contributed by atoms with Crippen LogP contribution < -0.4 is 5.32 Å². The van der Waals surface area contributed by atoms with Gasteiger partial charge in [-0.2, -0.15) is 83.4 Å². The number of hydrogen-bond acceptors (Lipinski definition) is 2. The molecule has 5 nitrogen and oxygen atoms in total. The van der Waals surface area contributed by atoms with E-state index in [1.807, 2.05) is 0 Å². The van der Waals surface area contributed by atoms with Gasteiger partial charge in [0.2, 0.25) is 0 Å². The van der Waals surface area contributed by atoms with E-state index in [-0.39, 0.29) is 0 Å². The molecule has 0 aliphatic heterocycles. The van der Waals surface area contributed by atoms with Gasteiger partial charge in [0, 0.05) is 13.0 Å². The summed E-state index contributed by atoms with van der Waals surface area (Å²) in [7, 11) is 2.34. The van der Waals surface area contributed by atoms with E-state index in [1.165, 1.54) is 14.1 Å². The van der Waals surface area contributed by atoms with Gasteiger partial charge < -0.3 is 14.9 Å². The topological polar surface area (TPSA) is 66.4 Å². The highest BCUT2D eigenvalue weighted by Gasteiger charge is 2.97. The molecule has 0 aromatic heterocycles. The lowest BCUT2D eigenvalue weighted by atomic mass is 9.87. The Labute approximate surface area is 214 Å². The highest BCUT2D eigenvalue weighted by atomic mass is 19.4. The van der Waals surface area contributed by atoms with Crippen molar-refractivity contribution in [3.05, 3.63) is 0 Å². The minimum Gasteiger partial charge on any atom is -0.477 e. The number of hydrogen-bond donors (Lipinski definition) is 2. The molecule has 0 unspecified atom stereocenters. The summed E-state index contributed by atoms with van der Waals surface area (Å²) < 4.78 is 252. The fourth-order valence-electron chi connectivity index (χ4n) is 2.77. The van der Waals surface area contributed by atoms with Crippen molar-refractivity contribution in [2.24, 2.45) is 0 Å². The lowest BCUT2D eigenvalue weighted by Gasteiger charge is -2.43. The molecular formula is C17H16F19N2O3+. The smallest absolute Gasteiger partial charge is 0.460 e. The molecule has 0 bridgehead atoms. The van der Waals surface area contributed by atoms with Crippen LogP contribution in [0.1, 0.15) is 6.42 Å². The number of carbonyl (C=O) groups excluding carboxylic acids is 1. The minimum atomic E-state index is -9.06. The van der Waals surface area contributed by atoms with Gasteiger partial charge in [0.1, 0.15) is 0 Å². The Kier molecular flexibility index (Phi) is 10.1. The summed E-state index contributed by atoms with van der Waals surface area (Å²) in [6.07, 6.45) is -8.61. The van der Waals surface area contributed by atoms with Crippen molar-refractivity contribution in [3.63, 3.8) is 0 Å².